The number of rotatable bonds is 3. The minimum absolute atomic E-state index is 0.0746. The fraction of sp³-hybridized carbons (Fsp3) is 0.643. The lowest BCUT2D eigenvalue weighted by atomic mass is 9.98. The first-order valence-corrected chi connectivity index (χ1v) is 6.64. The van der Waals surface area contributed by atoms with Crippen molar-refractivity contribution in [2.75, 3.05) is 18.0 Å². The minimum atomic E-state index is 0.0746. The quantitative estimate of drug-likeness (QED) is 0.873. The Morgan fingerprint density at radius 2 is 2.24 bits per heavy atom. The van der Waals surface area contributed by atoms with Crippen molar-refractivity contribution in [1.29, 1.82) is 0 Å². The van der Waals surface area contributed by atoms with Crippen molar-refractivity contribution in [2.24, 2.45) is 5.92 Å². The maximum absolute atomic E-state index is 9.00. The van der Waals surface area contributed by atoms with Gasteiger partial charge in [-0.15, -0.1) is 0 Å². The van der Waals surface area contributed by atoms with Gasteiger partial charge in [-0.05, 0) is 36.8 Å². The second-order valence-electron chi connectivity index (χ2n) is 4.87. The van der Waals surface area contributed by atoms with E-state index >= 15 is 0 Å². The number of aliphatic hydroxyl groups is 1. The van der Waals surface area contributed by atoms with Crippen LogP contribution in [-0.4, -0.2) is 23.2 Å². The lowest BCUT2D eigenvalue weighted by molar-refractivity contribution is 0.281. The van der Waals surface area contributed by atoms with Crippen LogP contribution in [-0.2, 0) is 6.61 Å². The van der Waals surface area contributed by atoms with Crippen molar-refractivity contribution in [2.45, 2.75) is 39.2 Å². The normalized spacial score (nSPS) is 21.3. The molecule has 94 valence electrons. The molecule has 2 rings (SSSR count). The Morgan fingerprint density at radius 3 is 2.88 bits per heavy atom. The highest BCUT2D eigenvalue weighted by atomic mass is 16.3. The molecule has 1 unspecified atom stereocenters. The second kappa shape index (κ2) is 6.01. The maximum atomic E-state index is 9.00. The SMILES string of the molecule is CCC1CCCN(c2ccc(CO)cn2)CC1. The van der Waals surface area contributed by atoms with Gasteiger partial charge < -0.3 is 10.0 Å². The highest BCUT2D eigenvalue weighted by Crippen LogP contribution is 2.23. The Hall–Kier alpha value is -1.09. The molecule has 0 bridgehead atoms. The van der Waals surface area contributed by atoms with Crippen LogP contribution >= 0.6 is 0 Å². The van der Waals surface area contributed by atoms with E-state index in [9.17, 15) is 0 Å². The molecule has 1 aliphatic heterocycles. The maximum Gasteiger partial charge on any atom is 0.128 e. The topological polar surface area (TPSA) is 36.4 Å². The lowest BCUT2D eigenvalue weighted by Crippen LogP contribution is -2.25. The van der Waals surface area contributed by atoms with Gasteiger partial charge in [-0.2, -0.15) is 0 Å². The van der Waals surface area contributed by atoms with Crippen molar-refractivity contribution >= 4 is 5.82 Å². The van der Waals surface area contributed by atoms with Crippen LogP contribution in [0.5, 0.6) is 0 Å². The highest BCUT2D eigenvalue weighted by molar-refractivity contribution is 5.39. The van der Waals surface area contributed by atoms with E-state index in [0.29, 0.717) is 0 Å². The first-order valence-electron chi connectivity index (χ1n) is 6.64. The van der Waals surface area contributed by atoms with E-state index in [4.69, 9.17) is 5.11 Å². The second-order valence-corrected chi connectivity index (χ2v) is 4.87. The number of nitrogens with zero attached hydrogens (tertiary/aromatic N) is 2. The molecule has 0 aromatic carbocycles. The summed E-state index contributed by atoms with van der Waals surface area (Å²) in [5, 5.41) is 9.00. The van der Waals surface area contributed by atoms with Gasteiger partial charge in [-0.25, -0.2) is 4.98 Å². The van der Waals surface area contributed by atoms with Crippen LogP contribution in [0.25, 0.3) is 0 Å². The zero-order valence-electron chi connectivity index (χ0n) is 10.6. The van der Waals surface area contributed by atoms with Gasteiger partial charge in [0.25, 0.3) is 0 Å². The van der Waals surface area contributed by atoms with Crippen LogP contribution in [0, 0.1) is 5.92 Å². The fourth-order valence-electron chi connectivity index (χ4n) is 2.50. The number of aromatic nitrogens is 1. The van der Waals surface area contributed by atoms with Crippen molar-refractivity contribution < 1.29 is 5.11 Å². The molecule has 3 nitrogen and oxygen atoms in total. The van der Waals surface area contributed by atoms with Crippen LogP contribution in [0.15, 0.2) is 18.3 Å². The molecule has 0 radical (unpaired) electrons. The molecule has 0 spiro atoms. The molecule has 1 aromatic rings. The van der Waals surface area contributed by atoms with E-state index in [-0.39, 0.29) is 6.61 Å². The monoisotopic (exact) mass is 234 g/mol. The number of hydrogen-bond acceptors (Lipinski definition) is 3. The van der Waals surface area contributed by atoms with Crippen LogP contribution < -0.4 is 4.90 Å². The van der Waals surface area contributed by atoms with E-state index in [2.05, 4.69) is 16.8 Å². The minimum Gasteiger partial charge on any atom is -0.392 e. The average molecular weight is 234 g/mol. The van der Waals surface area contributed by atoms with E-state index in [1.807, 2.05) is 12.1 Å². The summed E-state index contributed by atoms with van der Waals surface area (Å²) in [6.45, 7) is 4.59. The number of hydrogen-bond donors (Lipinski definition) is 1. The zero-order valence-corrected chi connectivity index (χ0v) is 10.6. The summed E-state index contributed by atoms with van der Waals surface area (Å²) in [5.41, 5.74) is 0.884. The summed E-state index contributed by atoms with van der Waals surface area (Å²) in [6, 6.07) is 3.99. The van der Waals surface area contributed by atoms with E-state index < -0.39 is 0 Å². The zero-order chi connectivity index (χ0) is 12.1. The molecular weight excluding hydrogens is 212 g/mol. The summed E-state index contributed by atoms with van der Waals surface area (Å²) in [4.78, 5) is 6.80. The predicted octanol–water partition coefficient (Wildman–Crippen LogP) is 2.59. The summed E-state index contributed by atoms with van der Waals surface area (Å²) >= 11 is 0. The molecule has 1 fully saturated rings. The predicted molar refractivity (Wildman–Crippen MR) is 70.0 cm³/mol. The average Bonchev–Trinajstić information content (AvgIpc) is 2.64. The molecule has 2 heterocycles. The first-order chi connectivity index (χ1) is 8.33. The Balaban J connectivity index is 2.01. The molecule has 0 amide bonds. The van der Waals surface area contributed by atoms with Gasteiger partial charge in [-0.1, -0.05) is 19.4 Å². The molecule has 0 saturated carbocycles. The number of anilines is 1. The number of pyridine rings is 1. The molecule has 1 saturated heterocycles. The summed E-state index contributed by atoms with van der Waals surface area (Å²) in [6.07, 6.45) is 6.96. The van der Waals surface area contributed by atoms with Crippen molar-refractivity contribution in [3.8, 4) is 0 Å². The lowest BCUT2D eigenvalue weighted by Gasteiger charge is -2.21. The van der Waals surface area contributed by atoms with E-state index in [0.717, 1.165) is 30.4 Å². The van der Waals surface area contributed by atoms with Crippen molar-refractivity contribution in [1.82, 2.24) is 4.98 Å². The highest BCUT2D eigenvalue weighted by Gasteiger charge is 2.16. The van der Waals surface area contributed by atoms with Gasteiger partial charge >= 0.3 is 0 Å². The van der Waals surface area contributed by atoms with E-state index in [1.165, 1.54) is 25.7 Å². The summed E-state index contributed by atoms with van der Waals surface area (Å²) < 4.78 is 0. The first kappa shape index (κ1) is 12.4. The van der Waals surface area contributed by atoms with Crippen LogP contribution in [0.1, 0.15) is 38.2 Å². The van der Waals surface area contributed by atoms with Gasteiger partial charge in [0.15, 0.2) is 0 Å². The van der Waals surface area contributed by atoms with Gasteiger partial charge in [0.2, 0.25) is 0 Å². The van der Waals surface area contributed by atoms with Gasteiger partial charge in [-0.3, -0.25) is 0 Å². The molecule has 3 heteroatoms. The Bertz CT molecular complexity index is 337. The Labute approximate surface area is 103 Å². The third kappa shape index (κ3) is 3.19. The smallest absolute Gasteiger partial charge is 0.128 e. The number of aliphatic hydroxyl groups excluding tert-OH is 1. The Kier molecular flexibility index (Phi) is 4.37. The molecule has 1 atom stereocenters. The van der Waals surface area contributed by atoms with Gasteiger partial charge in [0.05, 0.1) is 6.61 Å². The molecule has 1 aromatic heterocycles. The molecule has 1 N–H and O–H groups in total. The van der Waals surface area contributed by atoms with E-state index in [1.54, 1.807) is 6.20 Å². The van der Waals surface area contributed by atoms with Crippen LogP contribution in [0.4, 0.5) is 5.82 Å². The molecule has 17 heavy (non-hydrogen) atoms. The standard InChI is InChI=1S/C14H22N2O/c1-2-12-4-3-8-16(9-7-12)14-6-5-13(11-17)10-15-14/h5-6,10,12,17H,2-4,7-9,11H2,1H3. The largest absolute Gasteiger partial charge is 0.392 e. The van der Waals surface area contributed by atoms with Crippen molar-refractivity contribution in [3.05, 3.63) is 23.9 Å². The van der Waals surface area contributed by atoms with Crippen LogP contribution in [0.2, 0.25) is 0 Å². The summed E-state index contributed by atoms with van der Waals surface area (Å²) in [7, 11) is 0. The van der Waals surface area contributed by atoms with Crippen LogP contribution in [0.3, 0.4) is 0 Å². The van der Waals surface area contributed by atoms with Gasteiger partial charge in [0.1, 0.15) is 5.82 Å². The Morgan fingerprint density at radius 1 is 1.35 bits per heavy atom. The molecular formula is C14H22N2O. The summed E-state index contributed by atoms with van der Waals surface area (Å²) in [5.74, 6) is 1.94. The van der Waals surface area contributed by atoms with Crippen molar-refractivity contribution in [3.63, 3.8) is 0 Å². The molecule has 1 aliphatic rings. The third-order valence-electron chi connectivity index (χ3n) is 3.74. The van der Waals surface area contributed by atoms with Gasteiger partial charge in [0, 0.05) is 19.3 Å². The fourth-order valence-corrected chi connectivity index (χ4v) is 2.50. The third-order valence-corrected chi connectivity index (χ3v) is 3.74. The molecule has 0 aliphatic carbocycles.